The topological polar surface area (TPSA) is 27.7 Å². The zero-order chi connectivity index (χ0) is 9.26. The van der Waals surface area contributed by atoms with E-state index in [0.717, 1.165) is 22.8 Å². The number of aryl methyl sites for hydroxylation is 1. The van der Waals surface area contributed by atoms with Crippen LogP contribution in [0.15, 0.2) is 12.1 Å². The lowest BCUT2D eigenvalue weighted by Gasteiger charge is -2.20. The predicted octanol–water partition coefficient (Wildman–Crippen LogP) is 1.77. The summed E-state index contributed by atoms with van der Waals surface area (Å²) in [5.41, 5.74) is 1.11. The van der Waals surface area contributed by atoms with Gasteiger partial charge in [0.05, 0.1) is 7.11 Å². The van der Waals surface area contributed by atoms with Crippen molar-refractivity contribution in [1.82, 2.24) is 0 Å². The molecular weight excluding hydrogens is 168 g/mol. The molecular formula is C10H12O3. The smallest absolute Gasteiger partial charge is 0.203 e. The molecule has 3 heteroatoms. The Balaban J connectivity index is 2.50. The second kappa shape index (κ2) is 3.17. The molecule has 70 valence electrons. The van der Waals surface area contributed by atoms with Crippen LogP contribution >= 0.6 is 0 Å². The van der Waals surface area contributed by atoms with Crippen molar-refractivity contribution in [3.63, 3.8) is 0 Å². The molecule has 1 aliphatic rings. The Morgan fingerprint density at radius 2 is 2.00 bits per heavy atom. The Morgan fingerprint density at radius 3 is 2.77 bits per heavy atom. The van der Waals surface area contributed by atoms with Gasteiger partial charge in [0.15, 0.2) is 11.5 Å². The first kappa shape index (κ1) is 8.23. The van der Waals surface area contributed by atoms with Gasteiger partial charge < -0.3 is 14.2 Å². The minimum Gasteiger partial charge on any atom is -0.493 e. The summed E-state index contributed by atoms with van der Waals surface area (Å²) in [5, 5.41) is 0. The van der Waals surface area contributed by atoms with E-state index in [2.05, 4.69) is 0 Å². The lowest BCUT2D eigenvalue weighted by atomic mass is 10.2. The van der Waals surface area contributed by atoms with Crippen molar-refractivity contribution >= 4 is 0 Å². The third-order valence-electron chi connectivity index (χ3n) is 1.97. The van der Waals surface area contributed by atoms with Gasteiger partial charge in [0.2, 0.25) is 5.75 Å². The first-order valence-corrected chi connectivity index (χ1v) is 4.25. The van der Waals surface area contributed by atoms with Gasteiger partial charge in [0, 0.05) is 0 Å². The normalized spacial score (nSPS) is 14.0. The van der Waals surface area contributed by atoms with Gasteiger partial charge >= 0.3 is 0 Å². The van der Waals surface area contributed by atoms with Crippen molar-refractivity contribution in [1.29, 1.82) is 0 Å². The van der Waals surface area contributed by atoms with Crippen LogP contribution in [0, 0.1) is 6.92 Å². The predicted molar refractivity (Wildman–Crippen MR) is 48.7 cm³/mol. The fourth-order valence-corrected chi connectivity index (χ4v) is 1.40. The van der Waals surface area contributed by atoms with E-state index < -0.39 is 0 Å². The average molecular weight is 180 g/mol. The molecule has 1 aromatic carbocycles. The Bertz CT molecular complexity index is 303. The van der Waals surface area contributed by atoms with Crippen LogP contribution in [0.25, 0.3) is 0 Å². The van der Waals surface area contributed by atoms with E-state index in [4.69, 9.17) is 14.2 Å². The summed E-state index contributed by atoms with van der Waals surface area (Å²) in [6, 6.07) is 3.89. The molecule has 1 aromatic rings. The summed E-state index contributed by atoms with van der Waals surface area (Å²) in [4.78, 5) is 0. The van der Waals surface area contributed by atoms with E-state index >= 15 is 0 Å². The molecule has 0 amide bonds. The number of ether oxygens (including phenoxy) is 3. The van der Waals surface area contributed by atoms with Gasteiger partial charge in [-0.3, -0.25) is 0 Å². The molecule has 0 spiro atoms. The van der Waals surface area contributed by atoms with Crippen molar-refractivity contribution in [2.24, 2.45) is 0 Å². The molecule has 0 aliphatic carbocycles. The van der Waals surface area contributed by atoms with Crippen LogP contribution in [-0.4, -0.2) is 20.3 Å². The van der Waals surface area contributed by atoms with Crippen LogP contribution < -0.4 is 14.2 Å². The lowest BCUT2D eigenvalue weighted by molar-refractivity contribution is 0.165. The molecule has 0 atom stereocenters. The molecule has 0 N–H and O–H groups in total. The molecule has 0 saturated heterocycles. The van der Waals surface area contributed by atoms with Gasteiger partial charge in [0.25, 0.3) is 0 Å². The molecule has 0 bridgehead atoms. The first-order chi connectivity index (χ1) is 6.31. The quantitative estimate of drug-likeness (QED) is 0.659. The number of fused-ring (bicyclic) bond motifs is 1. The zero-order valence-corrected chi connectivity index (χ0v) is 7.79. The summed E-state index contributed by atoms with van der Waals surface area (Å²) >= 11 is 0. The fourth-order valence-electron chi connectivity index (χ4n) is 1.40. The summed E-state index contributed by atoms with van der Waals surface area (Å²) in [6.45, 7) is 3.20. The molecule has 0 saturated carbocycles. The van der Waals surface area contributed by atoms with Crippen molar-refractivity contribution in [2.45, 2.75) is 6.92 Å². The summed E-state index contributed by atoms with van der Waals surface area (Å²) in [5.74, 6) is 2.25. The van der Waals surface area contributed by atoms with Crippen molar-refractivity contribution in [3.05, 3.63) is 17.7 Å². The number of benzene rings is 1. The van der Waals surface area contributed by atoms with E-state index in [9.17, 15) is 0 Å². The number of methoxy groups -OCH3 is 1. The van der Waals surface area contributed by atoms with Crippen LogP contribution in [-0.2, 0) is 0 Å². The molecule has 13 heavy (non-hydrogen) atoms. The summed E-state index contributed by atoms with van der Waals surface area (Å²) in [6.07, 6.45) is 0. The highest BCUT2D eigenvalue weighted by molar-refractivity contribution is 5.54. The Labute approximate surface area is 77.2 Å². The second-order valence-corrected chi connectivity index (χ2v) is 2.99. The van der Waals surface area contributed by atoms with Crippen LogP contribution in [0.4, 0.5) is 0 Å². The second-order valence-electron chi connectivity index (χ2n) is 2.99. The van der Waals surface area contributed by atoms with E-state index in [0.29, 0.717) is 13.2 Å². The van der Waals surface area contributed by atoms with E-state index in [1.165, 1.54) is 0 Å². The molecule has 1 heterocycles. The summed E-state index contributed by atoms with van der Waals surface area (Å²) in [7, 11) is 1.63. The molecule has 3 nitrogen and oxygen atoms in total. The number of rotatable bonds is 1. The lowest BCUT2D eigenvalue weighted by Crippen LogP contribution is -2.16. The minimum atomic E-state index is 0.590. The highest BCUT2D eigenvalue weighted by Crippen LogP contribution is 2.39. The van der Waals surface area contributed by atoms with Gasteiger partial charge in [-0.2, -0.15) is 0 Å². The van der Waals surface area contributed by atoms with Crippen LogP contribution in [0.5, 0.6) is 17.2 Å². The van der Waals surface area contributed by atoms with Crippen molar-refractivity contribution in [2.75, 3.05) is 20.3 Å². The molecule has 2 rings (SSSR count). The maximum Gasteiger partial charge on any atom is 0.203 e. The third-order valence-corrected chi connectivity index (χ3v) is 1.97. The van der Waals surface area contributed by atoms with Gasteiger partial charge in [-0.05, 0) is 24.6 Å². The highest BCUT2D eigenvalue weighted by atomic mass is 16.6. The molecule has 1 aliphatic heterocycles. The van der Waals surface area contributed by atoms with Crippen LogP contribution in [0.2, 0.25) is 0 Å². The van der Waals surface area contributed by atoms with E-state index in [1.54, 1.807) is 7.11 Å². The fraction of sp³-hybridized carbons (Fsp3) is 0.400. The Hall–Kier alpha value is -1.38. The van der Waals surface area contributed by atoms with Crippen molar-refractivity contribution < 1.29 is 14.2 Å². The first-order valence-electron chi connectivity index (χ1n) is 4.25. The molecule has 0 fully saturated rings. The Morgan fingerprint density at radius 1 is 1.23 bits per heavy atom. The summed E-state index contributed by atoms with van der Waals surface area (Å²) < 4.78 is 16.1. The van der Waals surface area contributed by atoms with E-state index in [-0.39, 0.29) is 0 Å². The van der Waals surface area contributed by atoms with Crippen LogP contribution in [0.1, 0.15) is 5.56 Å². The maximum atomic E-state index is 5.45. The monoisotopic (exact) mass is 180 g/mol. The molecule has 0 unspecified atom stereocenters. The molecule has 0 radical (unpaired) electrons. The Kier molecular flexibility index (Phi) is 2.00. The van der Waals surface area contributed by atoms with Crippen molar-refractivity contribution in [3.8, 4) is 17.2 Å². The number of hydrogen-bond donors (Lipinski definition) is 0. The average Bonchev–Trinajstić information content (AvgIpc) is 2.16. The minimum absolute atomic E-state index is 0.590. The number of hydrogen-bond acceptors (Lipinski definition) is 3. The highest BCUT2D eigenvalue weighted by Gasteiger charge is 2.16. The van der Waals surface area contributed by atoms with Gasteiger partial charge in [-0.15, -0.1) is 0 Å². The van der Waals surface area contributed by atoms with Gasteiger partial charge in [0.1, 0.15) is 13.2 Å². The van der Waals surface area contributed by atoms with E-state index in [1.807, 2.05) is 19.1 Å². The van der Waals surface area contributed by atoms with Crippen LogP contribution in [0.3, 0.4) is 0 Å². The standard InChI is InChI=1S/C10H12O3/c1-7-5-8(11-2)10-9(6-7)12-3-4-13-10/h5-6H,3-4H2,1-2H3. The zero-order valence-electron chi connectivity index (χ0n) is 7.79. The third kappa shape index (κ3) is 1.41. The SMILES string of the molecule is COc1cc(C)cc2c1OCCO2. The molecule has 0 aromatic heterocycles. The van der Waals surface area contributed by atoms with Gasteiger partial charge in [-0.1, -0.05) is 0 Å². The van der Waals surface area contributed by atoms with Gasteiger partial charge in [-0.25, -0.2) is 0 Å². The largest absolute Gasteiger partial charge is 0.493 e. The maximum absolute atomic E-state index is 5.45.